The molecule has 7 heteroatoms. The van der Waals surface area contributed by atoms with Crippen molar-refractivity contribution >= 4 is 29.3 Å². The molecule has 0 bridgehead atoms. The molecule has 0 unspecified atom stereocenters. The number of aliphatic imine (C=N–C) groups is 1. The van der Waals surface area contributed by atoms with Gasteiger partial charge in [0.1, 0.15) is 0 Å². The molecule has 2 aliphatic heterocycles. The molecule has 7 rings (SSSR count). The third-order valence-electron chi connectivity index (χ3n) is 7.58. The first-order valence-corrected chi connectivity index (χ1v) is 14.6. The van der Waals surface area contributed by atoms with Gasteiger partial charge in [0.15, 0.2) is 0 Å². The van der Waals surface area contributed by atoms with Crippen molar-refractivity contribution in [3.63, 3.8) is 0 Å². The number of aromatic nitrogens is 2. The molecule has 3 aliphatic rings. The van der Waals surface area contributed by atoms with Gasteiger partial charge in [0.05, 0.1) is 34.1 Å². The normalized spacial score (nSPS) is 19.2. The minimum absolute atomic E-state index is 0.0210. The maximum absolute atomic E-state index is 13.7. The second-order valence-corrected chi connectivity index (χ2v) is 10.9. The van der Waals surface area contributed by atoms with Crippen LogP contribution < -0.4 is 4.90 Å². The van der Waals surface area contributed by atoms with E-state index in [4.69, 9.17) is 4.99 Å². The number of amides is 1. The molecular formula is C32H33N5OS. The summed E-state index contributed by atoms with van der Waals surface area (Å²) in [6.45, 7) is 4.68. The number of guanidine groups is 1. The Morgan fingerprint density at radius 2 is 1.72 bits per heavy atom. The summed E-state index contributed by atoms with van der Waals surface area (Å²) in [6.07, 6.45) is 7.38. The van der Waals surface area contributed by atoms with E-state index in [1.807, 2.05) is 63.5 Å². The third-order valence-corrected chi connectivity index (χ3v) is 8.72. The quantitative estimate of drug-likeness (QED) is 0.277. The van der Waals surface area contributed by atoms with Crippen LogP contribution in [0.1, 0.15) is 49.0 Å². The number of hydrogen-bond donors (Lipinski definition) is 0. The Morgan fingerprint density at radius 3 is 2.46 bits per heavy atom. The minimum atomic E-state index is 0.0210. The Balaban J connectivity index is 0.00000135. The molecule has 2 aromatic heterocycles. The number of benzene rings is 2. The van der Waals surface area contributed by atoms with E-state index in [0.717, 1.165) is 51.2 Å². The Morgan fingerprint density at radius 1 is 0.949 bits per heavy atom. The van der Waals surface area contributed by atoms with E-state index in [-0.39, 0.29) is 11.9 Å². The van der Waals surface area contributed by atoms with Gasteiger partial charge in [-0.15, -0.1) is 0 Å². The van der Waals surface area contributed by atoms with Gasteiger partial charge >= 0.3 is 0 Å². The van der Waals surface area contributed by atoms with Crippen molar-refractivity contribution in [3.05, 3.63) is 96.3 Å². The molecule has 1 aliphatic carbocycles. The largest absolute Gasteiger partial charge is 0.335 e. The second-order valence-electron chi connectivity index (χ2n) is 9.88. The van der Waals surface area contributed by atoms with Crippen LogP contribution in [0.3, 0.4) is 0 Å². The van der Waals surface area contributed by atoms with Crippen molar-refractivity contribution in [2.24, 2.45) is 4.99 Å². The van der Waals surface area contributed by atoms with Gasteiger partial charge in [0, 0.05) is 36.4 Å². The lowest BCUT2D eigenvalue weighted by Gasteiger charge is -2.35. The Labute approximate surface area is 234 Å². The highest BCUT2D eigenvalue weighted by atomic mass is 32.2. The molecule has 0 spiro atoms. The number of nitrogens with zero attached hydrogens (tertiary/aromatic N) is 5. The molecule has 1 fully saturated rings. The smallest absolute Gasteiger partial charge is 0.265 e. The molecule has 6 nitrogen and oxygen atoms in total. The SMILES string of the molecule is CC.CN1C(=O)c2c(cn(Cc3ccc(-c4ccccn4)cc3)c2Sc2ccccc2)N2C1=N[C@@H]1CCC[C@@H]12. The fourth-order valence-electron chi connectivity index (χ4n) is 5.77. The molecule has 1 saturated carbocycles. The van der Waals surface area contributed by atoms with Crippen LogP contribution in [0.15, 0.2) is 100 Å². The van der Waals surface area contributed by atoms with Gasteiger partial charge in [0.25, 0.3) is 5.91 Å². The van der Waals surface area contributed by atoms with Crippen LogP contribution in [0.5, 0.6) is 0 Å². The van der Waals surface area contributed by atoms with Crippen LogP contribution in [0, 0.1) is 0 Å². The van der Waals surface area contributed by atoms with Gasteiger partial charge in [-0.05, 0) is 49.1 Å². The number of hydrogen-bond acceptors (Lipinski definition) is 5. The number of rotatable bonds is 5. The van der Waals surface area contributed by atoms with Gasteiger partial charge in [-0.3, -0.25) is 14.7 Å². The van der Waals surface area contributed by atoms with E-state index in [2.05, 4.69) is 57.0 Å². The van der Waals surface area contributed by atoms with Crippen molar-refractivity contribution in [3.8, 4) is 11.3 Å². The molecule has 4 aromatic rings. The first-order chi connectivity index (χ1) is 19.2. The number of pyridine rings is 1. The van der Waals surface area contributed by atoms with Crippen molar-refractivity contribution in [1.29, 1.82) is 0 Å². The molecule has 2 aromatic carbocycles. The summed E-state index contributed by atoms with van der Waals surface area (Å²) in [6, 6.07) is 25.5. The summed E-state index contributed by atoms with van der Waals surface area (Å²) >= 11 is 1.66. The number of carbonyl (C=O) groups is 1. The Bertz CT molecular complexity index is 1500. The van der Waals surface area contributed by atoms with Gasteiger partial charge in [0.2, 0.25) is 5.96 Å². The number of anilines is 1. The summed E-state index contributed by atoms with van der Waals surface area (Å²) in [4.78, 5) is 28.4. The molecule has 39 heavy (non-hydrogen) atoms. The van der Waals surface area contributed by atoms with Crippen LogP contribution >= 0.6 is 11.8 Å². The van der Waals surface area contributed by atoms with Crippen LogP contribution in [0.4, 0.5) is 5.69 Å². The second kappa shape index (κ2) is 10.7. The van der Waals surface area contributed by atoms with Crippen LogP contribution in [-0.2, 0) is 6.54 Å². The average Bonchev–Trinajstić information content (AvgIpc) is 3.68. The summed E-state index contributed by atoms with van der Waals surface area (Å²) < 4.78 is 2.25. The van der Waals surface area contributed by atoms with Crippen LogP contribution in [0.2, 0.25) is 0 Å². The lowest BCUT2D eigenvalue weighted by atomic mass is 10.1. The maximum atomic E-state index is 13.7. The highest BCUT2D eigenvalue weighted by Gasteiger charge is 2.48. The zero-order chi connectivity index (χ0) is 26.9. The standard InChI is InChI=1S/C30H27N5OS.C2H6/c1-33-28(36)27-26(35-25-12-7-11-24(25)32-30(33)35)19-34(29(27)37-22-8-3-2-4-9-22)18-20-13-15-21(16-14-20)23-10-5-6-17-31-23;1-2/h2-6,8-10,13-17,19,24-25H,7,11-12,18H2,1H3;1-2H3/t24-,25+;/m1./s1. The van der Waals surface area contributed by atoms with E-state index < -0.39 is 0 Å². The fourth-order valence-corrected chi connectivity index (χ4v) is 6.82. The molecular weight excluding hydrogens is 502 g/mol. The average molecular weight is 536 g/mol. The first kappa shape index (κ1) is 25.4. The van der Waals surface area contributed by atoms with E-state index >= 15 is 0 Å². The maximum Gasteiger partial charge on any atom is 0.265 e. The Kier molecular flexibility index (Phi) is 7.00. The van der Waals surface area contributed by atoms with Crippen molar-refractivity contribution in [2.45, 2.75) is 61.7 Å². The topological polar surface area (TPSA) is 53.7 Å². The van der Waals surface area contributed by atoms with E-state index in [9.17, 15) is 4.79 Å². The minimum Gasteiger partial charge on any atom is -0.335 e. The fraction of sp³-hybridized carbons (Fsp3) is 0.281. The molecule has 0 radical (unpaired) electrons. The van der Waals surface area contributed by atoms with Crippen molar-refractivity contribution in [1.82, 2.24) is 14.5 Å². The predicted molar refractivity (Wildman–Crippen MR) is 159 cm³/mol. The number of fused-ring (bicyclic) bond motifs is 5. The number of carbonyl (C=O) groups excluding carboxylic acids is 1. The highest BCUT2D eigenvalue weighted by Crippen LogP contribution is 2.45. The summed E-state index contributed by atoms with van der Waals surface area (Å²) in [5.74, 6) is 0.827. The summed E-state index contributed by atoms with van der Waals surface area (Å²) in [5.41, 5.74) is 5.02. The van der Waals surface area contributed by atoms with Crippen molar-refractivity contribution < 1.29 is 4.79 Å². The molecule has 0 N–H and O–H groups in total. The van der Waals surface area contributed by atoms with E-state index in [1.54, 1.807) is 16.7 Å². The highest BCUT2D eigenvalue weighted by molar-refractivity contribution is 7.99. The molecule has 2 atom stereocenters. The van der Waals surface area contributed by atoms with Crippen LogP contribution in [-0.4, -0.2) is 45.4 Å². The monoisotopic (exact) mass is 535 g/mol. The lowest BCUT2D eigenvalue weighted by Crippen LogP contribution is -2.51. The molecule has 198 valence electrons. The van der Waals surface area contributed by atoms with Gasteiger partial charge in [-0.25, -0.2) is 4.99 Å². The van der Waals surface area contributed by atoms with E-state index in [1.165, 1.54) is 12.0 Å². The predicted octanol–water partition coefficient (Wildman–Crippen LogP) is 6.96. The third kappa shape index (κ3) is 4.55. The zero-order valence-electron chi connectivity index (χ0n) is 22.6. The zero-order valence-corrected chi connectivity index (χ0v) is 23.4. The van der Waals surface area contributed by atoms with Gasteiger partial charge < -0.3 is 9.47 Å². The first-order valence-electron chi connectivity index (χ1n) is 13.8. The lowest BCUT2D eigenvalue weighted by molar-refractivity contribution is 0.0861. The summed E-state index contributed by atoms with van der Waals surface area (Å²) in [5, 5.41) is 0.979. The Hall–Kier alpha value is -3.84. The van der Waals surface area contributed by atoms with Gasteiger partial charge in [-0.2, -0.15) is 0 Å². The van der Waals surface area contributed by atoms with Crippen LogP contribution in [0.25, 0.3) is 11.3 Å². The van der Waals surface area contributed by atoms with E-state index in [0.29, 0.717) is 12.6 Å². The van der Waals surface area contributed by atoms with Crippen molar-refractivity contribution in [2.75, 3.05) is 11.9 Å². The molecule has 0 saturated heterocycles. The molecule has 1 amide bonds. The summed E-state index contributed by atoms with van der Waals surface area (Å²) in [7, 11) is 1.86. The molecule has 4 heterocycles. The van der Waals surface area contributed by atoms with Gasteiger partial charge in [-0.1, -0.05) is 74.1 Å².